The maximum Gasteiger partial charge on any atom is 0.270 e. The molecule has 0 saturated heterocycles. The summed E-state index contributed by atoms with van der Waals surface area (Å²) in [5, 5.41) is 5.92. The number of methoxy groups -OCH3 is 1. The Morgan fingerprint density at radius 1 is 1.10 bits per heavy atom. The summed E-state index contributed by atoms with van der Waals surface area (Å²) in [5.74, 6) is 1.64. The lowest BCUT2D eigenvalue weighted by molar-refractivity contribution is 0.0945. The lowest BCUT2D eigenvalue weighted by Crippen LogP contribution is -2.25. The normalized spacial score (nSPS) is 10.3. The van der Waals surface area contributed by atoms with Gasteiger partial charge in [0.05, 0.1) is 13.7 Å². The number of ether oxygens (including phenoxy) is 2. The van der Waals surface area contributed by atoms with E-state index in [0.29, 0.717) is 37.0 Å². The molecule has 29 heavy (non-hydrogen) atoms. The van der Waals surface area contributed by atoms with Gasteiger partial charge in [-0.1, -0.05) is 6.07 Å². The van der Waals surface area contributed by atoms with Crippen molar-refractivity contribution < 1.29 is 14.3 Å². The van der Waals surface area contributed by atoms with Crippen LogP contribution in [-0.2, 0) is 6.54 Å². The number of nitrogens with zero attached hydrogens (tertiary/aromatic N) is 3. The number of aromatic nitrogens is 3. The van der Waals surface area contributed by atoms with E-state index in [0.717, 1.165) is 17.1 Å². The van der Waals surface area contributed by atoms with E-state index in [4.69, 9.17) is 9.47 Å². The van der Waals surface area contributed by atoms with E-state index in [9.17, 15) is 4.79 Å². The molecule has 0 aliphatic heterocycles. The lowest BCUT2D eigenvalue weighted by atomic mass is 10.2. The molecule has 2 aromatic heterocycles. The van der Waals surface area contributed by atoms with E-state index in [1.165, 1.54) is 0 Å². The minimum atomic E-state index is -0.267. The zero-order valence-corrected chi connectivity index (χ0v) is 16.4. The van der Waals surface area contributed by atoms with Crippen molar-refractivity contribution in [3.63, 3.8) is 0 Å². The summed E-state index contributed by atoms with van der Waals surface area (Å²) in [7, 11) is 1.62. The zero-order chi connectivity index (χ0) is 20.5. The number of hydrogen-bond donors (Lipinski definition) is 2. The van der Waals surface area contributed by atoms with E-state index in [-0.39, 0.29) is 5.91 Å². The molecular weight excluding hydrogens is 370 g/mol. The summed E-state index contributed by atoms with van der Waals surface area (Å²) in [6.07, 6.45) is 3.40. The van der Waals surface area contributed by atoms with Gasteiger partial charge in [-0.3, -0.25) is 9.78 Å². The highest BCUT2D eigenvalue weighted by atomic mass is 16.5. The highest BCUT2D eigenvalue weighted by Crippen LogP contribution is 2.16. The summed E-state index contributed by atoms with van der Waals surface area (Å²) in [5.41, 5.74) is 1.92. The monoisotopic (exact) mass is 393 g/mol. The van der Waals surface area contributed by atoms with Crippen LogP contribution in [0.2, 0.25) is 0 Å². The predicted molar refractivity (Wildman–Crippen MR) is 109 cm³/mol. The SMILES string of the molecule is COc1ccc(OCCNc2nc(C)cc(C(=O)NCc3cccnc3)n2)cc1. The topological polar surface area (TPSA) is 98.3 Å². The maximum atomic E-state index is 12.4. The van der Waals surface area contributed by atoms with E-state index in [2.05, 4.69) is 25.6 Å². The number of hydrogen-bond acceptors (Lipinski definition) is 7. The summed E-state index contributed by atoms with van der Waals surface area (Å²) in [6.45, 7) is 3.12. The van der Waals surface area contributed by atoms with Crippen molar-refractivity contribution in [1.82, 2.24) is 20.3 Å². The summed E-state index contributed by atoms with van der Waals surface area (Å²) in [4.78, 5) is 25.0. The molecule has 0 saturated carbocycles. The molecule has 0 atom stereocenters. The highest BCUT2D eigenvalue weighted by Gasteiger charge is 2.10. The molecular formula is C21H23N5O3. The fraction of sp³-hybridized carbons (Fsp3) is 0.238. The van der Waals surface area contributed by atoms with Gasteiger partial charge in [0.1, 0.15) is 23.8 Å². The van der Waals surface area contributed by atoms with Gasteiger partial charge in [0, 0.05) is 24.6 Å². The molecule has 0 aliphatic carbocycles. The summed E-state index contributed by atoms with van der Waals surface area (Å²) >= 11 is 0. The molecule has 1 aromatic carbocycles. The van der Waals surface area contributed by atoms with Crippen LogP contribution in [-0.4, -0.2) is 41.1 Å². The first-order valence-electron chi connectivity index (χ1n) is 9.17. The Bertz CT molecular complexity index is 933. The lowest BCUT2D eigenvalue weighted by Gasteiger charge is -2.10. The van der Waals surface area contributed by atoms with Crippen molar-refractivity contribution in [1.29, 1.82) is 0 Å². The number of carbonyl (C=O) groups is 1. The first-order chi connectivity index (χ1) is 14.1. The molecule has 3 rings (SSSR count). The van der Waals surface area contributed by atoms with Gasteiger partial charge in [0.15, 0.2) is 0 Å². The van der Waals surface area contributed by atoms with Gasteiger partial charge < -0.3 is 20.1 Å². The number of benzene rings is 1. The molecule has 0 bridgehead atoms. The molecule has 0 fully saturated rings. The number of rotatable bonds is 9. The molecule has 0 aliphatic rings. The van der Waals surface area contributed by atoms with E-state index in [1.54, 1.807) is 25.6 Å². The number of nitrogens with one attached hydrogen (secondary N) is 2. The fourth-order valence-electron chi connectivity index (χ4n) is 2.54. The molecule has 150 valence electrons. The molecule has 8 nitrogen and oxygen atoms in total. The van der Waals surface area contributed by atoms with Crippen LogP contribution in [0, 0.1) is 6.92 Å². The van der Waals surface area contributed by atoms with Crippen LogP contribution in [0.3, 0.4) is 0 Å². The minimum absolute atomic E-state index is 0.267. The van der Waals surface area contributed by atoms with Crippen LogP contribution in [0.25, 0.3) is 0 Å². The van der Waals surface area contributed by atoms with Gasteiger partial charge >= 0.3 is 0 Å². The van der Waals surface area contributed by atoms with Gasteiger partial charge in [-0.2, -0.15) is 0 Å². The number of anilines is 1. The van der Waals surface area contributed by atoms with Crippen LogP contribution >= 0.6 is 0 Å². The third-order valence-corrected chi connectivity index (χ3v) is 3.98. The molecule has 1 amide bonds. The fourth-order valence-corrected chi connectivity index (χ4v) is 2.54. The van der Waals surface area contributed by atoms with Crippen LogP contribution in [0.1, 0.15) is 21.7 Å². The van der Waals surface area contributed by atoms with Gasteiger partial charge in [-0.25, -0.2) is 9.97 Å². The molecule has 0 spiro atoms. The first-order valence-corrected chi connectivity index (χ1v) is 9.17. The molecule has 8 heteroatoms. The average molecular weight is 393 g/mol. The molecule has 2 heterocycles. The van der Waals surface area contributed by atoms with Crippen molar-refractivity contribution in [3.8, 4) is 11.5 Å². The van der Waals surface area contributed by atoms with Crippen molar-refractivity contribution in [2.24, 2.45) is 0 Å². The van der Waals surface area contributed by atoms with E-state index < -0.39 is 0 Å². The molecule has 0 radical (unpaired) electrons. The van der Waals surface area contributed by atoms with E-state index in [1.807, 2.05) is 43.3 Å². The third-order valence-electron chi connectivity index (χ3n) is 3.98. The second-order valence-electron chi connectivity index (χ2n) is 6.21. The average Bonchev–Trinajstić information content (AvgIpc) is 2.76. The third kappa shape index (κ3) is 6.17. The van der Waals surface area contributed by atoms with Gasteiger partial charge in [-0.05, 0) is 48.9 Å². The number of amides is 1. The van der Waals surface area contributed by atoms with Crippen LogP contribution in [0.5, 0.6) is 11.5 Å². The van der Waals surface area contributed by atoms with Gasteiger partial charge in [0.2, 0.25) is 5.95 Å². The largest absolute Gasteiger partial charge is 0.497 e. The molecule has 2 N–H and O–H groups in total. The smallest absolute Gasteiger partial charge is 0.270 e. The van der Waals surface area contributed by atoms with E-state index >= 15 is 0 Å². The van der Waals surface area contributed by atoms with Crippen molar-refractivity contribution in [3.05, 3.63) is 71.8 Å². The standard InChI is InChI=1S/C21H23N5O3/c1-15-12-19(20(27)24-14-16-4-3-9-22-13-16)26-21(25-15)23-10-11-29-18-7-5-17(28-2)6-8-18/h3-9,12-13H,10-11,14H2,1-2H3,(H,24,27)(H,23,25,26). The Morgan fingerprint density at radius 3 is 2.62 bits per heavy atom. The zero-order valence-electron chi connectivity index (χ0n) is 16.4. The Balaban J connectivity index is 1.50. The Hall–Kier alpha value is -3.68. The maximum absolute atomic E-state index is 12.4. The second-order valence-corrected chi connectivity index (χ2v) is 6.21. The van der Waals surface area contributed by atoms with Crippen molar-refractivity contribution in [2.45, 2.75) is 13.5 Å². The van der Waals surface area contributed by atoms with Gasteiger partial charge in [0.25, 0.3) is 5.91 Å². The minimum Gasteiger partial charge on any atom is -0.497 e. The van der Waals surface area contributed by atoms with Crippen LogP contribution in [0.15, 0.2) is 54.9 Å². The number of pyridine rings is 1. The Morgan fingerprint density at radius 2 is 1.90 bits per heavy atom. The summed E-state index contributed by atoms with van der Waals surface area (Å²) in [6, 6.07) is 12.7. The Kier molecular flexibility index (Phi) is 6.94. The van der Waals surface area contributed by atoms with Crippen molar-refractivity contribution in [2.75, 3.05) is 25.6 Å². The second kappa shape index (κ2) is 10.0. The van der Waals surface area contributed by atoms with Gasteiger partial charge in [-0.15, -0.1) is 0 Å². The molecule has 0 unspecified atom stereocenters. The quantitative estimate of drug-likeness (QED) is 0.539. The van der Waals surface area contributed by atoms with Crippen LogP contribution < -0.4 is 20.1 Å². The van der Waals surface area contributed by atoms with Crippen LogP contribution in [0.4, 0.5) is 5.95 Å². The molecule has 3 aromatic rings. The summed E-state index contributed by atoms with van der Waals surface area (Å²) < 4.78 is 10.8. The Labute approximate surface area is 169 Å². The number of aryl methyl sites for hydroxylation is 1. The number of carbonyl (C=O) groups excluding carboxylic acids is 1. The first kappa shape index (κ1) is 20.1. The predicted octanol–water partition coefficient (Wildman–Crippen LogP) is 2.61. The highest BCUT2D eigenvalue weighted by molar-refractivity contribution is 5.92. The van der Waals surface area contributed by atoms with Crippen molar-refractivity contribution >= 4 is 11.9 Å².